The number of anilines is 1. The highest BCUT2D eigenvalue weighted by Crippen LogP contribution is 2.65. The highest BCUT2D eigenvalue weighted by Gasteiger charge is 2.60. The van der Waals surface area contributed by atoms with Crippen molar-refractivity contribution in [3.05, 3.63) is 67.8 Å². The fourth-order valence-corrected chi connectivity index (χ4v) is 8.37. The number of carbonyl (C=O) groups excluding carboxylic acids is 1. The van der Waals surface area contributed by atoms with Gasteiger partial charge in [-0.1, -0.05) is 12.1 Å². The number of halogens is 2. The van der Waals surface area contributed by atoms with Crippen LogP contribution in [0, 0.1) is 47.0 Å². The van der Waals surface area contributed by atoms with Crippen LogP contribution >= 0.6 is 15.9 Å². The fourth-order valence-electron chi connectivity index (χ4n) is 7.95. The lowest BCUT2D eigenvalue weighted by atomic mass is 9.46. The first-order valence-electron chi connectivity index (χ1n) is 13.0. The molecule has 3 aromatic rings. The zero-order valence-corrected chi connectivity index (χ0v) is 23.0. The minimum absolute atomic E-state index is 0.0359. The second kappa shape index (κ2) is 9.00. The highest BCUT2D eigenvalue weighted by atomic mass is 79.9. The van der Waals surface area contributed by atoms with Gasteiger partial charge < -0.3 is 15.4 Å². The monoisotopic (exact) mass is 584 g/mol. The van der Waals surface area contributed by atoms with Crippen molar-refractivity contribution in [1.29, 1.82) is 0 Å². The van der Waals surface area contributed by atoms with Crippen molar-refractivity contribution in [3.8, 4) is 0 Å². The smallest absolute Gasteiger partial charge is 0.358 e. The molecule has 4 fully saturated rings. The number of amides is 1. The Kier molecular flexibility index (Phi) is 5.97. The maximum Gasteiger partial charge on any atom is 0.404 e. The molecule has 200 valence electrons. The van der Waals surface area contributed by atoms with Crippen LogP contribution in [0.3, 0.4) is 0 Å². The summed E-state index contributed by atoms with van der Waals surface area (Å²) in [5.41, 5.74) is 2.62. The van der Waals surface area contributed by atoms with Crippen molar-refractivity contribution in [2.24, 2.45) is 17.3 Å². The van der Waals surface area contributed by atoms with Crippen molar-refractivity contribution in [2.45, 2.75) is 70.9 Å². The molecule has 2 aromatic heterocycles. The topological polar surface area (TPSA) is 108 Å². The average molecular weight is 585 g/mol. The van der Waals surface area contributed by atoms with Crippen molar-refractivity contribution in [2.75, 3.05) is 5.32 Å². The molecule has 7 rings (SSSR count). The number of carbonyl (C=O) groups is 1. The Morgan fingerprint density at radius 3 is 2.63 bits per heavy atom. The van der Waals surface area contributed by atoms with Crippen LogP contribution < -0.4 is 5.32 Å². The van der Waals surface area contributed by atoms with E-state index in [1.807, 2.05) is 24.6 Å². The molecule has 4 bridgehead atoms. The number of nitrogens with one attached hydrogen (secondary N) is 1. The van der Waals surface area contributed by atoms with E-state index >= 15 is 0 Å². The van der Waals surface area contributed by atoms with Crippen molar-refractivity contribution in [1.82, 2.24) is 19.6 Å². The van der Waals surface area contributed by atoms with Crippen molar-refractivity contribution in [3.63, 3.8) is 0 Å². The number of hydrogen-bond acceptors (Lipinski definition) is 5. The second-order valence-corrected chi connectivity index (χ2v) is 12.6. The van der Waals surface area contributed by atoms with Gasteiger partial charge in [0.2, 0.25) is 5.91 Å². The first-order chi connectivity index (χ1) is 18.0. The number of nitrogens with zero attached hydrogens (tertiary/aromatic N) is 5. The quantitative estimate of drug-likeness (QED) is 0.275. The van der Waals surface area contributed by atoms with Crippen LogP contribution in [-0.2, 0) is 16.9 Å². The second-order valence-electron chi connectivity index (χ2n) is 11.7. The molecule has 2 unspecified atom stereocenters. The van der Waals surface area contributed by atoms with Crippen molar-refractivity contribution >= 4 is 33.3 Å². The molecular weight excluding hydrogens is 555 g/mol. The number of aryl methyl sites for hydroxylation is 1. The summed E-state index contributed by atoms with van der Waals surface area (Å²) in [6, 6.07) is 6.44. The zero-order chi connectivity index (χ0) is 26.8. The summed E-state index contributed by atoms with van der Waals surface area (Å²) in [6.45, 7) is 4.20. The van der Waals surface area contributed by atoms with Gasteiger partial charge in [0.05, 0.1) is 40.5 Å². The van der Waals surface area contributed by atoms with Gasteiger partial charge in [-0.15, -0.1) is 0 Å². The van der Waals surface area contributed by atoms with Crippen LogP contribution in [0.2, 0.25) is 0 Å². The largest absolute Gasteiger partial charge is 0.404 e. The Morgan fingerprint density at radius 1 is 1.24 bits per heavy atom. The molecule has 38 heavy (non-hydrogen) atoms. The van der Waals surface area contributed by atoms with Gasteiger partial charge in [0.25, 0.3) is 0 Å². The lowest BCUT2D eigenvalue weighted by Gasteiger charge is -2.61. The summed E-state index contributed by atoms with van der Waals surface area (Å²) >= 11 is 3.31. The summed E-state index contributed by atoms with van der Waals surface area (Å²) in [4.78, 5) is 24.5. The number of aromatic nitrogens is 4. The first-order valence-corrected chi connectivity index (χ1v) is 13.8. The van der Waals surface area contributed by atoms with Gasteiger partial charge in [0.15, 0.2) is 0 Å². The van der Waals surface area contributed by atoms with E-state index in [9.17, 15) is 19.3 Å². The third kappa shape index (κ3) is 4.34. The third-order valence-electron chi connectivity index (χ3n) is 8.86. The van der Waals surface area contributed by atoms with Crippen LogP contribution in [0.15, 0.2) is 34.9 Å². The minimum atomic E-state index is -0.455. The number of rotatable bonds is 7. The Morgan fingerprint density at radius 2 is 1.97 bits per heavy atom. The van der Waals surface area contributed by atoms with Gasteiger partial charge in [-0.3, -0.25) is 9.48 Å². The normalized spacial score (nSPS) is 27.6. The van der Waals surface area contributed by atoms with E-state index in [0.29, 0.717) is 35.0 Å². The molecule has 1 amide bonds. The third-order valence-corrected chi connectivity index (χ3v) is 9.42. The van der Waals surface area contributed by atoms with Crippen LogP contribution in [0.1, 0.15) is 61.9 Å². The molecule has 1 aromatic carbocycles. The summed E-state index contributed by atoms with van der Waals surface area (Å²) in [5.74, 6) is 0.495. The predicted octanol–water partition coefficient (Wildman–Crippen LogP) is 5.88. The molecule has 0 spiro atoms. The molecule has 2 atom stereocenters. The van der Waals surface area contributed by atoms with Gasteiger partial charge in [-0.25, -0.2) is 4.39 Å². The average Bonchev–Trinajstić information content (AvgIpc) is 3.34. The fraction of sp³-hybridized carbons (Fsp3) is 0.519. The molecule has 1 N–H and O–H groups in total. The van der Waals surface area contributed by atoms with E-state index in [4.69, 9.17) is 0 Å². The molecule has 0 aliphatic heterocycles. The number of hydrogen-bond donors (Lipinski definition) is 1. The van der Waals surface area contributed by atoms with Crippen LogP contribution in [0.25, 0.3) is 0 Å². The van der Waals surface area contributed by atoms with Crippen LogP contribution in [-0.4, -0.2) is 30.4 Å². The Labute approximate surface area is 228 Å². The van der Waals surface area contributed by atoms with E-state index in [2.05, 4.69) is 31.4 Å². The first kappa shape index (κ1) is 25.2. The molecule has 4 aliphatic rings. The maximum atomic E-state index is 13.6. The van der Waals surface area contributed by atoms with Crippen LogP contribution in [0.5, 0.6) is 0 Å². The molecule has 11 heteroatoms. The Balaban J connectivity index is 1.21. The van der Waals surface area contributed by atoms with E-state index in [1.165, 1.54) is 12.1 Å². The van der Waals surface area contributed by atoms with E-state index < -0.39 is 4.92 Å². The van der Waals surface area contributed by atoms with E-state index in [-0.39, 0.29) is 28.5 Å². The molecule has 2 heterocycles. The predicted molar refractivity (Wildman–Crippen MR) is 142 cm³/mol. The SMILES string of the molecule is Cc1nn(Cc2cccc(F)c2)c(C)c1NC(=O)CC12CC3CC(C1)CC(n1cc(Br)c([N+](=O)[O-])n1)(C3)C2. The summed E-state index contributed by atoms with van der Waals surface area (Å²) in [6.07, 6.45) is 7.99. The molecular formula is C27H30BrFN6O3. The van der Waals surface area contributed by atoms with E-state index in [1.54, 1.807) is 16.9 Å². The Hall–Kier alpha value is -3.08. The molecule has 0 radical (unpaired) electrons. The summed E-state index contributed by atoms with van der Waals surface area (Å²) in [7, 11) is 0. The van der Waals surface area contributed by atoms with Gasteiger partial charge in [0.1, 0.15) is 10.3 Å². The molecule has 4 saturated carbocycles. The van der Waals surface area contributed by atoms with Gasteiger partial charge in [-0.05, 0) is 108 Å². The molecule has 4 aliphatic carbocycles. The van der Waals surface area contributed by atoms with Crippen LogP contribution in [0.4, 0.5) is 15.9 Å². The number of nitro groups is 1. The number of benzene rings is 1. The highest BCUT2D eigenvalue weighted by molar-refractivity contribution is 9.10. The van der Waals surface area contributed by atoms with Crippen molar-refractivity contribution < 1.29 is 14.1 Å². The van der Waals surface area contributed by atoms with E-state index in [0.717, 1.165) is 55.5 Å². The zero-order valence-electron chi connectivity index (χ0n) is 21.4. The molecule has 0 saturated heterocycles. The lowest BCUT2D eigenvalue weighted by molar-refractivity contribution is -0.390. The van der Waals surface area contributed by atoms with Gasteiger partial charge in [0, 0.05) is 6.42 Å². The standard InChI is InChI=1S/C27H30BrFN6O3/c1-16-24(17(2)33(31-16)13-18-4-3-5-21(29)7-18)30-23(36)12-26-8-19-6-20(9-26)11-27(10-19,15-26)34-14-22(28)25(32-34)35(37)38/h3-5,7,14,19-20H,6,8-13,15H2,1-2H3,(H,30,36). The lowest BCUT2D eigenvalue weighted by Crippen LogP contribution is -2.57. The maximum absolute atomic E-state index is 13.6. The summed E-state index contributed by atoms with van der Waals surface area (Å²) < 4.78 is 17.7. The van der Waals surface area contributed by atoms with Gasteiger partial charge >= 0.3 is 5.82 Å². The summed E-state index contributed by atoms with van der Waals surface area (Å²) in [5, 5.41) is 23.6. The van der Waals surface area contributed by atoms with Gasteiger partial charge in [-0.2, -0.15) is 9.78 Å². The molecule has 9 nitrogen and oxygen atoms in total. The minimum Gasteiger partial charge on any atom is -0.358 e. The Bertz CT molecular complexity index is 1430.